The molecule has 1 aromatic rings. The van der Waals surface area contributed by atoms with Gasteiger partial charge >= 0.3 is 5.69 Å². The number of likely N-dealkylation sites (tertiary alicyclic amines) is 1. The molecular formula is C19H27N5O4. The Morgan fingerprint density at radius 2 is 2.32 bits per heavy atom. The zero-order valence-corrected chi connectivity index (χ0v) is 16.4. The summed E-state index contributed by atoms with van der Waals surface area (Å²) in [6.07, 6.45) is 2.60. The van der Waals surface area contributed by atoms with Crippen molar-refractivity contribution in [1.29, 1.82) is 0 Å². The first kappa shape index (κ1) is 19.9. The molecule has 1 spiro atoms. The quantitative estimate of drug-likeness (QED) is 0.343. The molecule has 9 heteroatoms. The summed E-state index contributed by atoms with van der Waals surface area (Å²) in [5.74, 6) is 1.13. The van der Waals surface area contributed by atoms with Gasteiger partial charge in [0.25, 0.3) is 0 Å². The van der Waals surface area contributed by atoms with Crippen LogP contribution < -0.4 is 15.4 Å². The Bertz CT molecular complexity index is 782. The van der Waals surface area contributed by atoms with Crippen LogP contribution in [0.2, 0.25) is 0 Å². The van der Waals surface area contributed by atoms with Gasteiger partial charge in [-0.25, -0.2) is 4.99 Å². The van der Waals surface area contributed by atoms with E-state index in [2.05, 4.69) is 15.5 Å². The van der Waals surface area contributed by atoms with Gasteiger partial charge in [-0.3, -0.25) is 14.9 Å². The third kappa shape index (κ3) is 4.35. The van der Waals surface area contributed by atoms with Crippen LogP contribution in [0.15, 0.2) is 23.2 Å². The summed E-state index contributed by atoms with van der Waals surface area (Å²) in [6, 6.07) is 4.89. The molecule has 2 saturated heterocycles. The monoisotopic (exact) mass is 389 g/mol. The van der Waals surface area contributed by atoms with Gasteiger partial charge in [0.1, 0.15) is 0 Å². The molecule has 1 aromatic carbocycles. The first-order valence-corrected chi connectivity index (χ1v) is 9.57. The molecule has 1 amide bonds. The number of rotatable bonds is 5. The van der Waals surface area contributed by atoms with Gasteiger partial charge < -0.3 is 20.3 Å². The van der Waals surface area contributed by atoms with E-state index in [1.165, 1.54) is 13.2 Å². The van der Waals surface area contributed by atoms with Gasteiger partial charge in [-0.2, -0.15) is 0 Å². The number of nitrogens with one attached hydrogen (secondary N) is 2. The molecule has 2 N–H and O–H groups in total. The van der Waals surface area contributed by atoms with Gasteiger partial charge in [0.05, 0.1) is 18.6 Å². The number of carbonyl (C=O) groups excluding carboxylic acids is 1. The van der Waals surface area contributed by atoms with E-state index in [1.807, 2.05) is 6.92 Å². The minimum Gasteiger partial charge on any atom is -0.490 e. The molecule has 28 heavy (non-hydrogen) atoms. The Labute approximate surface area is 164 Å². The van der Waals surface area contributed by atoms with E-state index in [-0.39, 0.29) is 22.8 Å². The average molecular weight is 389 g/mol. The normalized spacial score (nSPS) is 22.3. The number of amides is 1. The highest BCUT2D eigenvalue weighted by molar-refractivity contribution is 5.81. The molecule has 0 saturated carbocycles. The van der Waals surface area contributed by atoms with Crippen molar-refractivity contribution in [3.63, 3.8) is 0 Å². The number of carbonyl (C=O) groups is 1. The Morgan fingerprint density at radius 1 is 1.50 bits per heavy atom. The number of guanidine groups is 1. The van der Waals surface area contributed by atoms with Crippen molar-refractivity contribution in [2.45, 2.75) is 32.7 Å². The molecule has 2 aliphatic heterocycles. The van der Waals surface area contributed by atoms with Crippen molar-refractivity contribution in [2.75, 3.05) is 33.3 Å². The molecule has 152 valence electrons. The maximum absolute atomic E-state index is 11.7. The van der Waals surface area contributed by atoms with Crippen molar-refractivity contribution < 1.29 is 14.5 Å². The summed E-state index contributed by atoms with van der Waals surface area (Å²) in [5.41, 5.74) is 0.657. The zero-order valence-electron chi connectivity index (χ0n) is 16.4. The van der Waals surface area contributed by atoms with E-state index in [0.717, 1.165) is 44.0 Å². The van der Waals surface area contributed by atoms with E-state index in [9.17, 15) is 14.9 Å². The topological polar surface area (TPSA) is 109 Å². The highest BCUT2D eigenvalue weighted by atomic mass is 16.6. The summed E-state index contributed by atoms with van der Waals surface area (Å²) in [7, 11) is 1.41. The van der Waals surface area contributed by atoms with Crippen LogP contribution in [0.5, 0.6) is 5.75 Å². The highest BCUT2D eigenvalue weighted by Crippen LogP contribution is 2.36. The molecule has 0 radical (unpaired) electrons. The third-order valence-electron chi connectivity index (χ3n) is 5.34. The Balaban J connectivity index is 1.76. The van der Waals surface area contributed by atoms with Crippen molar-refractivity contribution in [2.24, 2.45) is 10.4 Å². The number of aliphatic imine (C=N–C) groups is 1. The number of hydrogen-bond donors (Lipinski definition) is 2. The summed E-state index contributed by atoms with van der Waals surface area (Å²) in [6.45, 7) is 5.43. The predicted octanol–water partition coefficient (Wildman–Crippen LogP) is 1.67. The first-order chi connectivity index (χ1) is 13.5. The second-order valence-corrected chi connectivity index (χ2v) is 7.41. The maximum atomic E-state index is 11.7. The number of nitro groups is 1. The van der Waals surface area contributed by atoms with Crippen LogP contribution >= 0.6 is 0 Å². The zero-order chi connectivity index (χ0) is 20.1. The Morgan fingerprint density at radius 3 is 2.96 bits per heavy atom. The number of nitro benzene ring substituents is 1. The summed E-state index contributed by atoms with van der Waals surface area (Å²) < 4.78 is 5.05. The number of ether oxygens (including phenoxy) is 1. The highest BCUT2D eigenvalue weighted by Gasteiger charge is 2.42. The van der Waals surface area contributed by atoms with Crippen LogP contribution in [0.25, 0.3) is 0 Å². The van der Waals surface area contributed by atoms with E-state index in [0.29, 0.717) is 19.5 Å². The lowest BCUT2D eigenvalue weighted by Gasteiger charge is -2.40. The maximum Gasteiger partial charge on any atom is 0.311 e. The van der Waals surface area contributed by atoms with Gasteiger partial charge in [0.15, 0.2) is 11.7 Å². The van der Waals surface area contributed by atoms with Crippen LogP contribution in [-0.4, -0.2) is 55.0 Å². The van der Waals surface area contributed by atoms with Crippen molar-refractivity contribution in [3.05, 3.63) is 33.9 Å². The van der Waals surface area contributed by atoms with E-state index in [1.54, 1.807) is 12.1 Å². The second-order valence-electron chi connectivity index (χ2n) is 7.41. The fourth-order valence-electron chi connectivity index (χ4n) is 4.00. The lowest BCUT2D eigenvalue weighted by Crippen LogP contribution is -2.51. The smallest absolute Gasteiger partial charge is 0.311 e. The summed E-state index contributed by atoms with van der Waals surface area (Å²) >= 11 is 0. The van der Waals surface area contributed by atoms with Crippen LogP contribution in [0.3, 0.4) is 0 Å². The van der Waals surface area contributed by atoms with Crippen molar-refractivity contribution in [3.8, 4) is 5.75 Å². The van der Waals surface area contributed by atoms with Crippen molar-refractivity contribution >= 4 is 17.6 Å². The molecule has 3 rings (SSSR count). The minimum atomic E-state index is -0.449. The lowest BCUT2D eigenvalue weighted by molar-refractivity contribution is -0.385. The Kier molecular flexibility index (Phi) is 6.01. The Hall–Kier alpha value is -2.84. The first-order valence-electron chi connectivity index (χ1n) is 9.57. The lowest BCUT2D eigenvalue weighted by atomic mass is 9.79. The molecule has 1 unspecified atom stereocenters. The largest absolute Gasteiger partial charge is 0.490 e. The van der Waals surface area contributed by atoms with Crippen molar-refractivity contribution in [1.82, 2.24) is 15.5 Å². The molecule has 0 aliphatic carbocycles. The number of piperidine rings is 1. The van der Waals surface area contributed by atoms with Crippen LogP contribution in [-0.2, 0) is 11.3 Å². The van der Waals surface area contributed by atoms with E-state index >= 15 is 0 Å². The van der Waals surface area contributed by atoms with Gasteiger partial charge in [0.2, 0.25) is 5.91 Å². The fraction of sp³-hybridized carbons (Fsp3) is 0.579. The van der Waals surface area contributed by atoms with Crippen LogP contribution in [0.4, 0.5) is 5.69 Å². The molecule has 0 bridgehead atoms. The average Bonchev–Trinajstić information content (AvgIpc) is 3.04. The summed E-state index contributed by atoms with van der Waals surface area (Å²) in [5, 5.41) is 17.5. The molecular weight excluding hydrogens is 362 g/mol. The SMILES string of the molecule is CCNC(=NCc1ccc(OC)c([N+](=O)[O-])c1)N1CCCC2(CNC(=O)C2)C1. The van der Waals surface area contributed by atoms with Gasteiger partial charge in [0, 0.05) is 44.1 Å². The molecule has 2 fully saturated rings. The van der Waals surface area contributed by atoms with Gasteiger partial charge in [-0.05, 0) is 31.4 Å². The molecule has 9 nitrogen and oxygen atoms in total. The number of methoxy groups -OCH3 is 1. The van der Waals surface area contributed by atoms with E-state index < -0.39 is 4.92 Å². The minimum absolute atomic E-state index is 0.0234. The number of nitrogens with zero attached hydrogens (tertiary/aromatic N) is 3. The molecule has 0 aromatic heterocycles. The van der Waals surface area contributed by atoms with Gasteiger partial charge in [-0.1, -0.05) is 6.07 Å². The summed E-state index contributed by atoms with van der Waals surface area (Å²) in [4.78, 5) is 29.4. The molecule has 2 aliphatic rings. The number of hydrogen-bond acceptors (Lipinski definition) is 5. The molecule has 1 atom stereocenters. The van der Waals surface area contributed by atoms with E-state index in [4.69, 9.17) is 9.73 Å². The standard InChI is InChI=1S/C19H27N5O4/c1-3-20-18(23-8-4-7-19(13-23)10-17(25)22-12-19)21-11-14-5-6-16(28-2)15(9-14)24(26)27/h5-6,9H,3-4,7-8,10-13H2,1-2H3,(H,20,21)(H,22,25). The van der Waals surface area contributed by atoms with Crippen LogP contribution in [0, 0.1) is 15.5 Å². The fourth-order valence-corrected chi connectivity index (χ4v) is 4.00. The third-order valence-corrected chi connectivity index (χ3v) is 5.34. The molecule has 2 heterocycles. The number of benzene rings is 1. The van der Waals surface area contributed by atoms with Gasteiger partial charge in [-0.15, -0.1) is 0 Å². The van der Waals surface area contributed by atoms with Crippen LogP contribution in [0.1, 0.15) is 31.7 Å². The predicted molar refractivity (Wildman–Crippen MR) is 105 cm³/mol. The second kappa shape index (κ2) is 8.45.